The molecule has 2 aromatic carbocycles. The van der Waals surface area contributed by atoms with Gasteiger partial charge in [0.2, 0.25) is 0 Å². The van der Waals surface area contributed by atoms with Gasteiger partial charge in [-0.2, -0.15) is 0 Å². The van der Waals surface area contributed by atoms with Gasteiger partial charge in [-0.15, -0.1) is 0 Å². The van der Waals surface area contributed by atoms with Crippen LogP contribution >= 0.6 is 11.6 Å². The van der Waals surface area contributed by atoms with Gasteiger partial charge in [-0.25, -0.2) is 4.39 Å². The molecule has 0 spiro atoms. The molecule has 0 saturated heterocycles. The van der Waals surface area contributed by atoms with Crippen molar-refractivity contribution in [1.82, 2.24) is 4.57 Å². The predicted octanol–water partition coefficient (Wildman–Crippen LogP) is 4.42. The van der Waals surface area contributed by atoms with E-state index in [1.54, 1.807) is 6.07 Å². The largest absolute Gasteiger partial charge is 0.317 e. The van der Waals surface area contributed by atoms with E-state index in [-0.39, 0.29) is 5.82 Å². The second-order valence-electron chi connectivity index (χ2n) is 3.87. The number of benzene rings is 2. The van der Waals surface area contributed by atoms with Crippen molar-refractivity contribution < 1.29 is 4.39 Å². The van der Waals surface area contributed by atoms with Gasteiger partial charge in [0.1, 0.15) is 5.82 Å². The average molecular weight is 246 g/mol. The number of fused-ring (bicyclic) bond motifs is 1. The summed E-state index contributed by atoms with van der Waals surface area (Å²) in [5.74, 6) is -0.216. The van der Waals surface area contributed by atoms with Gasteiger partial charge in [0.05, 0.1) is 5.52 Å². The molecule has 0 saturated carbocycles. The molecule has 1 nitrogen and oxygen atoms in total. The minimum absolute atomic E-state index is 0.216. The van der Waals surface area contributed by atoms with Crippen LogP contribution in [-0.4, -0.2) is 4.57 Å². The number of nitrogens with zero attached hydrogens (tertiary/aromatic N) is 1. The van der Waals surface area contributed by atoms with Gasteiger partial charge >= 0.3 is 0 Å². The fourth-order valence-corrected chi connectivity index (χ4v) is 2.07. The third kappa shape index (κ3) is 1.81. The van der Waals surface area contributed by atoms with Crippen LogP contribution < -0.4 is 0 Å². The van der Waals surface area contributed by atoms with Crippen LogP contribution in [0.2, 0.25) is 5.02 Å². The third-order valence-corrected chi connectivity index (χ3v) is 3.01. The van der Waals surface area contributed by atoms with E-state index in [1.807, 2.05) is 41.1 Å². The molecule has 84 valence electrons. The maximum Gasteiger partial charge on any atom is 0.123 e. The van der Waals surface area contributed by atoms with Crippen molar-refractivity contribution in [2.75, 3.05) is 0 Å². The molecule has 3 heteroatoms. The van der Waals surface area contributed by atoms with E-state index < -0.39 is 0 Å². The second-order valence-corrected chi connectivity index (χ2v) is 4.30. The van der Waals surface area contributed by atoms with Crippen molar-refractivity contribution in [3.05, 3.63) is 65.6 Å². The Morgan fingerprint density at radius 2 is 1.71 bits per heavy atom. The highest BCUT2D eigenvalue weighted by molar-refractivity contribution is 6.30. The first-order chi connectivity index (χ1) is 8.24. The summed E-state index contributed by atoms with van der Waals surface area (Å²) in [4.78, 5) is 0. The Kier molecular flexibility index (Phi) is 2.37. The minimum atomic E-state index is -0.216. The zero-order chi connectivity index (χ0) is 11.8. The average Bonchev–Trinajstić information content (AvgIpc) is 2.73. The molecule has 0 aliphatic carbocycles. The Bertz CT molecular complexity index is 670. The summed E-state index contributed by atoms with van der Waals surface area (Å²) in [5, 5.41) is 1.59. The number of rotatable bonds is 1. The van der Waals surface area contributed by atoms with E-state index >= 15 is 0 Å². The molecule has 17 heavy (non-hydrogen) atoms. The van der Waals surface area contributed by atoms with Gasteiger partial charge in [0.15, 0.2) is 0 Å². The molecule has 0 unspecified atom stereocenters. The van der Waals surface area contributed by atoms with Crippen LogP contribution in [0, 0.1) is 5.82 Å². The second kappa shape index (κ2) is 3.90. The van der Waals surface area contributed by atoms with Gasteiger partial charge < -0.3 is 4.57 Å². The number of hydrogen-bond acceptors (Lipinski definition) is 0. The first-order valence-electron chi connectivity index (χ1n) is 5.26. The zero-order valence-corrected chi connectivity index (χ0v) is 9.66. The quantitative estimate of drug-likeness (QED) is 0.598. The molecule has 0 N–H and O–H groups in total. The van der Waals surface area contributed by atoms with Crippen molar-refractivity contribution in [3.63, 3.8) is 0 Å². The summed E-state index contributed by atoms with van der Waals surface area (Å²) in [6.07, 6.45) is 1.92. The molecule has 3 aromatic rings. The topological polar surface area (TPSA) is 4.93 Å². The summed E-state index contributed by atoms with van der Waals surface area (Å²) in [7, 11) is 0. The van der Waals surface area contributed by atoms with Gasteiger partial charge in [0, 0.05) is 22.3 Å². The molecule has 0 amide bonds. The normalized spacial score (nSPS) is 10.9. The highest BCUT2D eigenvalue weighted by Crippen LogP contribution is 2.22. The first-order valence-corrected chi connectivity index (χ1v) is 5.64. The van der Waals surface area contributed by atoms with Crippen LogP contribution in [0.4, 0.5) is 4.39 Å². The first kappa shape index (κ1) is 10.4. The summed E-state index contributed by atoms with van der Waals surface area (Å²) < 4.78 is 15.1. The van der Waals surface area contributed by atoms with Crippen LogP contribution in [0.3, 0.4) is 0 Å². The van der Waals surface area contributed by atoms with Crippen molar-refractivity contribution in [2.45, 2.75) is 0 Å². The Labute approximate surface area is 103 Å². The smallest absolute Gasteiger partial charge is 0.123 e. The predicted molar refractivity (Wildman–Crippen MR) is 68.2 cm³/mol. The van der Waals surface area contributed by atoms with Gasteiger partial charge in [-0.1, -0.05) is 11.6 Å². The molecule has 0 fully saturated rings. The van der Waals surface area contributed by atoms with Gasteiger partial charge in [0.25, 0.3) is 0 Å². The molecular formula is C14H9ClFN. The molecule has 3 rings (SSSR count). The van der Waals surface area contributed by atoms with Crippen LogP contribution in [0.15, 0.2) is 54.7 Å². The molecule has 0 bridgehead atoms. The SMILES string of the molecule is Fc1ccc2c(ccn2-c2ccc(Cl)cc2)c1. The summed E-state index contributed by atoms with van der Waals surface area (Å²) in [6, 6.07) is 14.2. The van der Waals surface area contributed by atoms with Crippen LogP contribution in [0.25, 0.3) is 16.6 Å². The van der Waals surface area contributed by atoms with Crippen LogP contribution in [-0.2, 0) is 0 Å². The molecular weight excluding hydrogens is 237 g/mol. The lowest BCUT2D eigenvalue weighted by atomic mass is 10.2. The zero-order valence-electron chi connectivity index (χ0n) is 8.90. The monoisotopic (exact) mass is 245 g/mol. The van der Waals surface area contributed by atoms with Crippen molar-refractivity contribution >= 4 is 22.5 Å². The highest BCUT2D eigenvalue weighted by atomic mass is 35.5. The van der Waals surface area contributed by atoms with E-state index in [2.05, 4.69) is 0 Å². The van der Waals surface area contributed by atoms with E-state index in [4.69, 9.17) is 11.6 Å². The maximum absolute atomic E-state index is 13.1. The molecule has 1 heterocycles. The Balaban J connectivity index is 2.21. The molecule has 0 aliphatic heterocycles. The van der Waals surface area contributed by atoms with Gasteiger partial charge in [-0.05, 0) is 48.5 Å². The van der Waals surface area contributed by atoms with E-state index in [0.717, 1.165) is 16.6 Å². The number of halogens is 2. The number of hydrogen-bond donors (Lipinski definition) is 0. The lowest BCUT2D eigenvalue weighted by Crippen LogP contribution is -1.90. The maximum atomic E-state index is 13.1. The summed E-state index contributed by atoms with van der Waals surface area (Å²) >= 11 is 5.85. The minimum Gasteiger partial charge on any atom is -0.317 e. The molecule has 0 atom stereocenters. The van der Waals surface area contributed by atoms with Crippen molar-refractivity contribution in [3.8, 4) is 5.69 Å². The summed E-state index contributed by atoms with van der Waals surface area (Å²) in [5.41, 5.74) is 1.99. The fraction of sp³-hybridized carbons (Fsp3) is 0. The van der Waals surface area contributed by atoms with E-state index in [0.29, 0.717) is 5.02 Å². The Hall–Kier alpha value is -1.80. The van der Waals surface area contributed by atoms with Crippen molar-refractivity contribution in [1.29, 1.82) is 0 Å². The Morgan fingerprint density at radius 3 is 2.47 bits per heavy atom. The molecule has 0 radical (unpaired) electrons. The van der Waals surface area contributed by atoms with E-state index in [1.165, 1.54) is 12.1 Å². The molecule has 0 aliphatic rings. The lowest BCUT2D eigenvalue weighted by molar-refractivity contribution is 0.629. The fourth-order valence-electron chi connectivity index (χ4n) is 1.94. The van der Waals surface area contributed by atoms with Crippen LogP contribution in [0.5, 0.6) is 0 Å². The standard InChI is InChI=1S/C14H9ClFN/c15-11-1-4-13(5-2-11)17-8-7-10-9-12(16)3-6-14(10)17/h1-9H. The molecule has 1 aromatic heterocycles. The highest BCUT2D eigenvalue weighted by Gasteiger charge is 2.03. The van der Waals surface area contributed by atoms with Crippen molar-refractivity contribution in [2.24, 2.45) is 0 Å². The summed E-state index contributed by atoms with van der Waals surface area (Å²) in [6.45, 7) is 0. The van der Waals surface area contributed by atoms with Gasteiger partial charge in [-0.3, -0.25) is 0 Å². The van der Waals surface area contributed by atoms with Crippen LogP contribution in [0.1, 0.15) is 0 Å². The lowest BCUT2D eigenvalue weighted by Gasteiger charge is -2.05. The Morgan fingerprint density at radius 1 is 0.941 bits per heavy atom. The van der Waals surface area contributed by atoms with E-state index in [9.17, 15) is 4.39 Å². The third-order valence-electron chi connectivity index (χ3n) is 2.76. The number of aromatic nitrogens is 1.